The number of thioether (sulfide) groups is 1. The zero-order valence-corrected chi connectivity index (χ0v) is 15.6. The molecule has 0 aromatic heterocycles. The van der Waals surface area contributed by atoms with Gasteiger partial charge >= 0.3 is 0 Å². The summed E-state index contributed by atoms with van der Waals surface area (Å²) in [7, 11) is 0. The topological polar surface area (TPSA) is 50.8 Å². The second-order valence-corrected chi connectivity index (χ2v) is 7.72. The Hall–Kier alpha value is -2.25. The number of fused-ring (bicyclic) bond motifs is 1. The van der Waals surface area contributed by atoms with Crippen molar-refractivity contribution in [2.24, 2.45) is 0 Å². The summed E-state index contributed by atoms with van der Waals surface area (Å²) < 4.78 is 24.1. The van der Waals surface area contributed by atoms with E-state index in [0.29, 0.717) is 30.2 Å². The molecule has 7 heteroatoms. The Kier molecular flexibility index (Phi) is 5.50. The van der Waals surface area contributed by atoms with Crippen LogP contribution in [0.15, 0.2) is 42.5 Å². The highest BCUT2D eigenvalue weighted by atomic mass is 32.2. The largest absolute Gasteiger partial charge is 0.454 e. The quantitative estimate of drug-likeness (QED) is 0.853. The summed E-state index contributed by atoms with van der Waals surface area (Å²) in [6.45, 7) is 1.52. The van der Waals surface area contributed by atoms with Crippen LogP contribution in [0, 0.1) is 5.82 Å². The number of benzene rings is 2. The van der Waals surface area contributed by atoms with Gasteiger partial charge in [-0.2, -0.15) is 11.8 Å². The van der Waals surface area contributed by atoms with Crippen LogP contribution >= 0.6 is 11.8 Å². The van der Waals surface area contributed by atoms with Gasteiger partial charge in [-0.25, -0.2) is 4.39 Å². The molecular weight excluding hydrogens is 367 g/mol. The van der Waals surface area contributed by atoms with Crippen molar-refractivity contribution in [3.05, 3.63) is 53.8 Å². The van der Waals surface area contributed by atoms with E-state index in [4.69, 9.17) is 9.47 Å². The van der Waals surface area contributed by atoms with Gasteiger partial charge in [0.2, 0.25) is 12.7 Å². The van der Waals surface area contributed by atoms with Crippen LogP contribution in [0.4, 0.5) is 10.1 Å². The van der Waals surface area contributed by atoms with Crippen molar-refractivity contribution in [1.29, 1.82) is 0 Å². The number of carbonyl (C=O) groups excluding carboxylic acids is 1. The Bertz CT molecular complexity index is 809. The maximum atomic E-state index is 13.4. The summed E-state index contributed by atoms with van der Waals surface area (Å²) in [6, 6.07) is 11.9. The molecule has 1 fully saturated rings. The molecule has 1 amide bonds. The zero-order chi connectivity index (χ0) is 18.6. The van der Waals surface area contributed by atoms with Gasteiger partial charge in [-0.15, -0.1) is 0 Å². The molecule has 2 aromatic rings. The van der Waals surface area contributed by atoms with Crippen molar-refractivity contribution in [1.82, 2.24) is 5.32 Å². The minimum Gasteiger partial charge on any atom is -0.454 e. The number of halogens is 1. The maximum Gasteiger partial charge on any atom is 0.231 e. The number of rotatable bonds is 5. The van der Waals surface area contributed by atoms with E-state index in [0.717, 1.165) is 23.6 Å². The number of nitrogens with zero attached hydrogens (tertiary/aromatic N) is 1. The van der Waals surface area contributed by atoms with Gasteiger partial charge in [0, 0.05) is 36.2 Å². The lowest BCUT2D eigenvalue weighted by Crippen LogP contribution is -2.42. The Morgan fingerprint density at radius 1 is 1.19 bits per heavy atom. The smallest absolute Gasteiger partial charge is 0.231 e. The van der Waals surface area contributed by atoms with E-state index in [9.17, 15) is 9.18 Å². The molecule has 1 unspecified atom stereocenters. The molecule has 4 rings (SSSR count). The van der Waals surface area contributed by atoms with Gasteiger partial charge in [0.1, 0.15) is 5.82 Å². The van der Waals surface area contributed by atoms with Crippen LogP contribution < -0.4 is 19.7 Å². The molecule has 0 aliphatic carbocycles. The first-order valence-corrected chi connectivity index (χ1v) is 10.1. The fraction of sp³-hybridized carbons (Fsp3) is 0.350. The number of ether oxygens (including phenoxy) is 2. The van der Waals surface area contributed by atoms with E-state index >= 15 is 0 Å². The van der Waals surface area contributed by atoms with Gasteiger partial charge in [-0.3, -0.25) is 4.79 Å². The molecule has 2 aromatic carbocycles. The molecular formula is C20H21FN2O3S. The highest BCUT2D eigenvalue weighted by Crippen LogP contribution is 2.33. The molecule has 2 aliphatic rings. The van der Waals surface area contributed by atoms with Gasteiger partial charge in [0.25, 0.3) is 0 Å². The average molecular weight is 388 g/mol. The molecule has 1 saturated heterocycles. The van der Waals surface area contributed by atoms with Crippen molar-refractivity contribution in [2.45, 2.75) is 19.0 Å². The van der Waals surface area contributed by atoms with Gasteiger partial charge in [-0.1, -0.05) is 6.07 Å². The Labute approximate surface area is 161 Å². The molecule has 5 nitrogen and oxygen atoms in total. The van der Waals surface area contributed by atoms with E-state index in [1.165, 1.54) is 12.1 Å². The minimum atomic E-state index is -0.320. The second-order valence-electron chi connectivity index (χ2n) is 6.57. The van der Waals surface area contributed by atoms with Crippen LogP contribution in [0.2, 0.25) is 0 Å². The maximum absolute atomic E-state index is 13.4. The van der Waals surface area contributed by atoms with Crippen LogP contribution in [0.1, 0.15) is 12.0 Å². The number of anilines is 1. The third kappa shape index (κ3) is 4.36. The highest BCUT2D eigenvalue weighted by Gasteiger charge is 2.23. The van der Waals surface area contributed by atoms with E-state index < -0.39 is 0 Å². The second kappa shape index (κ2) is 8.19. The molecule has 0 radical (unpaired) electrons. The number of hydrogen-bond acceptors (Lipinski definition) is 5. The molecule has 1 atom stereocenters. The van der Waals surface area contributed by atoms with Crippen molar-refractivity contribution in [3.63, 3.8) is 0 Å². The SMILES string of the molecule is O=C(CC1CSCCN1)N(Cc1ccc2c(c1)OCO2)c1ccc(F)cc1. The average Bonchev–Trinajstić information content (AvgIpc) is 3.15. The molecule has 0 saturated carbocycles. The predicted molar refractivity (Wildman–Crippen MR) is 104 cm³/mol. The number of nitrogens with one attached hydrogen (secondary N) is 1. The van der Waals surface area contributed by atoms with Gasteiger partial charge in [0.05, 0.1) is 6.54 Å². The van der Waals surface area contributed by atoms with Crippen molar-refractivity contribution in [2.75, 3.05) is 29.7 Å². The van der Waals surface area contributed by atoms with Crippen molar-refractivity contribution < 1.29 is 18.7 Å². The molecule has 2 aliphatic heterocycles. The van der Waals surface area contributed by atoms with Crippen LogP contribution in [-0.4, -0.2) is 36.8 Å². The molecule has 142 valence electrons. The lowest BCUT2D eigenvalue weighted by Gasteiger charge is -2.28. The van der Waals surface area contributed by atoms with Gasteiger partial charge in [-0.05, 0) is 42.0 Å². The fourth-order valence-electron chi connectivity index (χ4n) is 3.24. The molecule has 27 heavy (non-hydrogen) atoms. The van der Waals surface area contributed by atoms with Crippen LogP contribution in [0.25, 0.3) is 0 Å². The highest BCUT2D eigenvalue weighted by molar-refractivity contribution is 7.99. The standard InChI is InChI=1S/C20H21FN2O3S/c21-15-2-4-17(5-3-15)23(20(24)10-16-12-27-8-7-22-16)11-14-1-6-18-19(9-14)26-13-25-18/h1-6,9,16,22H,7-8,10-13H2. The van der Waals surface area contributed by atoms with Crippen LogP contribution in [0.3, 0.4) is 0 Å². The lowest BCUT2D eigenvalue weighted by molar-refractivity contribution is -0.119. The van der Waals surface area contributed by atoms with Gasteiger partial charge in [0.15, 0.2) is 11.5 Å². The monoisotopic (exact) mass is 388 g/mol. The number of amides is 1. The van der Waals surface area contributed by atoms with E-state index in [1.807, 2.05) is 30.0 Å². The molecule has 1 N–H and O–H groups in total. The number of hydrogen-bond donors (Lipinski definition) is 1. The molecule has 0 spiro atoms. The first-order valence-electron chi connectivity index (χ1n) is 8.94. The fourth-order valence-corrected chi connectivity index (χ4v) is 4.19. The van der Waals surface area contributed by atoms with Crippen molar-refractivity contribution >= 4 is 23.4 Å². The van der Waals surface area contributed by atoms with E-state index in [2.05, 4.69) is 5.32 Å². The zero-order valence-electron chi connectivity index (χ0n) is 14.8. The Balaban J connectivity index is 1.55. The third-order valence-electron chi connectivity index (χ3n) is 4.64. The molecule has 0 bridgehead atoms. The summed E-state index contributed by atoms with van der Waals surface area (Å²) in [5.74, 6) is 3.08. The minimum absolute atomic E-state index is 0.0132. The summed E-state index contributed by atoms with van der Waals surface area (Å²) in [4.78, 5) is 14.8. The summed E-state index contributed by atoms with van der Waals surface area (Å²) in [5.41, 5.74) is 1.62. The van der Waals surface area contributed by atoms with E-state index in [-0.39, 0.29) is 24.6 Å². The third-order valence-corrected chi connectivity index (χ3v) is 5.77. The predicted octanol–water partition coefficient (Wildman–Crippen LogP) is 3.18. The first-order chi connectivity index (χ1) is 13.2. The summed E-state index contributed by atoms with van der Waals surface area (Å²) in [5, 5.41) is 3.40. The van der Waals surface area contributed by atoms with Crippen LogP contribution in [-0.2, 0) is 11.3 Å². The Morgan fingerprint density at radius 3 is 2.78 bits per heavy atom. The summed E-state index contributed by atoms with van der Waals surface area (Å²) in [6.07, 6.45) is 0.412. The lowest BCUT2D eigenvalue weighted by atomic mass is 10.1. The van der Waals surface area contributed by atoms with Crippen molar-refractivity contribution in [3.8, 4) is 11.5 Å². The Morgan fingerprint density at radius 2 is 2.00 bits per heavy atom. The normalized spacial score (nSPS) is 18.3. The molecule has 2 heterocycles. The van der Waals surface area contributed by atoms with Crippen LogP contribution in [0.5, 0.6) is 11.5 Å². The van der Waals surface area contributed by atoms with Gasteiger partial charge < -0.3 is 19.7 Å². The number of carbonyl (C=O) groups is 1. The van der Waals surface area contributed by atoms with E-state index in [1.54, 1.807) is 17.0 Å². The summed E-state index contributed by atoms with van der Waals surface area (Å²) >= 11 is 1.86. The first kappa shape index (κ1) is 18.1.